The number of nitriles is 1. The van der Waals surface area contributed by atoms with Crippen LogP contribution in [-0.4, -0.2) is 21.7 Å². The molecule has 0 fully saturated rings. The number of hydrogen-bond acceptors (Lipinski definition) is 6. The zero-order chi connectivity index (χ0) is 21.7. The van der Waals surface area contributed by atoms with Crippen molar-refractivity contribution in [3.8, 4) is 17.3 Å². The summed E-state index contributed by atoms with van der Waals surface area (Å²) in [7, 11) is 0. The van der Waals surface area contributed by atoms with Gasteiger partial charge in [0.1, 0.15) is 11.6 Å². The second-order valence-corrected chi connectivity index (χ2v) is 6.63. The standard InChI is InChI=1S/C21H16ClN5O3/c1-2-17(28)20(30)24-14-7-3-12(4-8-14)18-16(11-23)19(29)27-21(26-18)25-15-9-5-13(22)6-10-15/h3-10H,2H2,1H3,(H,24,30)(H2,25,26,27,29). The van der Waals surface area contributed by atoms with Crippen molar-refractivity contribution in [1.82, 2.24) is 9.97 Å². The minimum atomic E-state index is -0.702. The van der Waals surface area contributed by atoms with Gasteiger partial charge in [-0.3, -0.25) is 19.4 Å². The van der Waals surface area contributed by atoms with Crippen LogP contribution in [0.3, 0.4) is 0 Å². The Hall–Kier alpha value is -3.96. The predicted molar refractivity (Wildman–Crippen MR) is 114 cm³/mol. The Bertz CT molecular complexity index is 1200. The van der Waals surface area contributed by atoms with Gasteiger partial charge in [0.05, 0.1) is 5.69 Å². The number of ketones is 1. The average molecular weight is 422 g/mol. The number of nitrogens with one attached hydrogen (secondary N) is 3. The van der Waals surface area contributed by atoms with E-state index in [0.717, 1.165) is 0 Å². The number of carbonyl (C=O) groups excluding carboxylic acids is 2. The van der Waals surface area contributed by atoms with E-state index in [1.165, 1.54) is 0 Å². The number of Topliss-reactive ketones (excluding diaryl/α,β-unsaturated/α-hetero) is 1. The fourth-order valence-corrected chi connectivity index (χ4v) is 2.71. The lowest BCUT2D eigenvalue weighted by atomic mass is 10.1. The maximum Gasteiger partial charge on any atom is 0.291 e. The van der Waals surface area contributed by atoms with Crippen molar-refractivity contribution in [3.63, 3.8) is 0 Å². The van der Waals surface area contributed by atoms with Gasteiger partial charge in [-0.1, -0.05) is 30.7 Å². The third kappa shape index (κ3) is 4.71. The SMILES string of the molecule is CCC(=O)C(=O)Nc1ccc(-c2nc(Nc3ccc(Cl)cc3)[nH]c(=O)c2C#N)cc1. The summed E-state index contributed by atoms with van der Waals surface area (Å²) in [6.07, 6.45) is 0.107. The minimum absolute atomic E-state index is 0.107. The summed E-state index contributed by atoms with van der Waals surface area (Å²) >= 11 is 5.87. The van der Waals surface area contributed by atoms with E-state index in [2.05, 4.69) is 20.6 Å². The van der Waals surface area contributed by atoms with Crippen LogP contribution in [0.15, 0.2) is 53.3 Å². The molecule has 8 nitrogen and oxygen atoms in total. The van der Waals surface area contributed by atoms with Crippen LogP contribution in [0.5, 0.6) is 0 Å². The Morgan fingerprint density at radius 2 is 1.73 bits per heavy atom. The summed E-state index contributed by atoms with van der Waals surface area (Å²) in [4.78, 5) is 42.4. The Kier molecular flexibility index (Phi) is 6.25. The van der Waals surface area contributed by atoms with Gasteiger partial charge >= 0.3 is 0 Å². The van der Waals surface area contributed by atoms with Crippen molar-refractivity contribution in [2.75, 3.05) is 10.6 Å². The van der Waals surface area contributed by atoms with Crippen LogP contribution in [0, 0.1) is 11.3 Å². The number of amides is 1. The van der Waals surface area contributed by atoms with Gasteiger partial charge in [0.2, 0.25) is 11.7 Å². The molecular formula is C21H16ClN5O3. The van der Waals surface area contributed by atoms with E-state index in [9.17, 15) is 19.6 Å². The second kappa shape index (κ2) is 9.03. The molecule has 0 aliphatic rings. The maximum atomic E-state index is 12.4. The first-order valence-corrected chi connectivity index (χ1v) is 9.30. The van der Waals surface area contributed by atoms with Crippen LogP contribution in [0.25, 0.3) is 11.3 Å². The number of rotatable bonds is 6. The average Bonchev–Trinajstić information content (AvgIpc) is 2.75. The van der Waals surface area contributed by atoms with Gasteiger partial charge in [-0.25, -0.2) is 4.98 Å². The largest absolute Gasteiger partial charge is 0.326 e. The summed E-state index contributed by atoms with van der Waals surface area (Å²) in [6.45, 7) is 1.60. The summed E-state index contributed by atoms with van der Waals surface area (Å²) in [5, 5.41) is 15.4. The van der Waals surface area contributed by atoms with Crippen molar-refractivity contribution in [2.45, 2.75) is 13.3 Å². The van der Waals surface area contributed by atoms with E-state index in [1.54, 1.807) is 55.5 Å². The van der Waals surface area contributed by atoms with Gasteiger partial charge in [0.25, 0.3) is 11.5 Å². The molecule has 150 valence electrons. The lowest BCUT2D eigenvalue weighted by Crippen LogP contribution is -2.21. The molecule has 1 heterocycles. The van der Waals surface area contributed by atoms with Gasteiger partial charge in [-0.05, 0) is 36.4 Å². The van der Waals surface area contributed by atoms with Crippen molar-refractivity contribution in [3.05, 3.63) is 69.5 Å². The highest BCUT2D eigenvalue weighted by Gasteiger charge is 2.15. The molecule has 0 radical (unpaired) electrons. The number of aromatic amines is 1. The monoisotopic (exact) mass is 421 g/mol. The molecule has 0 aliphatic carbocycles. The smallest absolute Gasteiger partial charge is 0.291 e. The van der Waals surface area contributed by atoms with E-state index >= 15 is 0 Å². The third-order valence-corrected chi connectivity index (χ3v) is 4.38. The van der Waals surface area contributed by atoms with E-state index in [0.29, 0.717) is 22.0 Å². The minimum Gasteiger partial charge on any atom is -0.326 e. The molecule has 1 amide bonds. The molecule has 1 aromatic heterocycles. The zero-order valence-electron chi connectivity index (χ0n) is 15.8. The first kappa shape index (κ1) is 20.8. The third-order valence-electron chi connectivity index (χ3n) is 4.13. The molecule has 0 spiro atoms. The predicted octanol–water partition coefficient (Wildman–Crippen LogP) is 3.62. The molecule has 3 N–H and O–H groups in total. The van der Waals surface area contributed by atoms with E-state index in [-0.39, 0.29) is 23.6 Å². The Morgan fingerprint density at radius 3 is 2.33 bits per heavy atom. The summed E-state index contributed by atoms with van der Waals surface area (Å²) in [5.74, 6) is -1.08. The van der Waals surface area contributed by atoms with Crippen LogP contribution in [0.4, 0.5) is 17.3 Å². The molecule has 3 aromatic rings. The van der Waals surface area contributed by atoms with Gasteiger partial charge < -0.3 is 10.6 Å². The lowest BCUT2D eigenvalue weighted by molar-refractivity contribution is -0.134. The van der Waals surface area contributed by atoms with Crippen molar-refractivity contribution < 1.29 is 9.59 Å². The number of benzene rings is 2. The Morgan fingerprint density at radius 1 is 1.10 bits per heavy atom. The molecule has 0 unspecified atom stereocenters. The van der Waals surface area contributed by atoms with Crippen molar-refractivity contribution in [1.29, 1.82) is 5.26 Å². The summed E-state index contributed by atoms with van der Waals surface area (Å²) in [5.41, 5.74) is 1.00. The molecule has 3 rings (SSSR count). The van der Waals surface area contributed by atoms with E-state index in [4.69, 9.17) is 11.6 Å². The van der Waals surface area contributed by atoms with E-state index < -0.39 is 17.2 Å². The van der Waals surface area contributed by atoms with Gasteiger partial charge in [0.15, 0.2) is 0 Å². The van der Waals surface area contributed by atoms with Crippen molar-refractivity contribution in [2.24, 2.45) is 0 Å². The fraction of sp³-hybridized carbons (Fsp3) is 0.0952. The maximum absolute atomic E-state index is 12.4. The van der Waals surface area contributed by atoms with Crippen LogP contribution in [0.2, 0.25) is 5.02 Å². The summed E-state index contributed by atoms with van der Waals surface area (Å²) < 4.78 is 0. The number of H-pyrrole nitrogens is 1. The Balaban J connectivity index is 1.92. The van der Waals surface area contributed by atoms with Crippen LogP contribution in [-0.2, 0) is 9.59 Å². The molecular weight excluding hydrogens is 406 g/mol. The summed E-state index contributed by atoms with van der Waals surface area (Å²) in [6, 6.07) is 15.0. The highest BCUT2D eigenvalue weighted by Crippen LogP contribution is 2.23. The first-order valence-electron chi connectivity index (χ1n) is 8.93. The van der Waals surface area contributed by atoms with Crippen LogP contribution >= 0.6 is 11.6 Å². The van der Waals surface area contributed by atoms with Gasteiger partial charge in [-0.2, -0.15) is 5.26 Å². The van der Waals surface area contributed by atoms with Gasteiger partial charge in [-0.15, -0.1) is 0 Å². The number of halogens is 1. The van der Waals surface area contributed by atoms with Crippen molar-refractivity contribution >= 4 is 40.6 Å². The second-order valence-electron chi connectivity index (χ2n) is 6.19. The van der Waals surface area contributed by atoms with Crippen LogP contribution in [0.1, 0.15) is 18.9 Å². The van der Waals surface area contributed by atoms with Gasteiger partial charge in [0, 0.05) is 28.4 Å². The normalized spacial score (nSPS) is 10.2. The molecule has 0 bridgehead atoms. The lowest BCUT2D eigenvalue weighted by Gasteiger charge is -2.10. The molecule has 0 saturated carbocycles. The first-order chi connectivity index (χ1) is 14.4. The Labute approximate surface area is 176 Å². The number of hydrogen-bond donors (Lipinski definition) is 3. The van der Waals surface area contributed by atoms with Crippen LogP contribution < -0.4 is 16.2 Å². The fourth-order valence-electron chi connectivity index (χ4n) is 2.59. The topological polar surface area (TPSA) is 128 Å². The number of anilines is 3. The molecule has 9 heteroatoms. The van der Waals surface area contributed by atoms with E-state index in [1.807, 2.05) is 6.07 Å². The zero-order valence-corrected chi connectivity index (χ0v) is 16.6. The molecule has 0 aliphatic heterocycles. The number of aromatic nitrogens is 2. The molecule has 30 heavy (non-hydrogen) atoms. The quantitative estimate of drug-likeness (QED) is 0.521. The molecule has 0 atom stereocenters. The number of nitrogens with zero attached hydrogens (tertiary/aromatic N) is 2. The number of carbonyl (C=O) groups is 2. The molecule has 0 saturated heterocycles. The highest BCUT2D eigenvalue weighted by molar-refractivity contribution is 6.40. The highest BCUT2D eigenvalue weighted by atomic mass is 35.5. The molecule has 2 aromatic carbocycles.